The number of carbonyl (C=O) groups is 1. The number of benzene rings is 1. The van der Waals surface area contributed by atoms with Crippen molar-refractivity contribution >= 4 is 15.8 Å². The first kappa shape index (κ1) is 12.9. The second-order valence-electron chi connectivity index (χ2n) is 4.22. The van der Waals surface area contributed by atoms with Crippen molar-refractivity contribution in [2.45, 2.75) is 23.0 Å². The van der Waals surface area contributed by atoms with Crippen LogP contribution in [-0.4, -0.2) is 24.7 Å². The normalized spacial score (nSPS) is 17.4. The van der Waals surface area contributed by atoms with Crippen molar-refractivity contribution in [2.75, 3.05) is 0 Å². The zero-order valence-electron chi connectivity index (χ0n) is 9.14. The van der Waals surface area contributed by atoms with Gasteiger partial charge in [0.05, 0.1) is 0 Å². The zero-order valence-corrected chi connectivity index (χ0v) is 9.95. The first-order valence-electron chi connectivity index (χ1n) is 5.26. The fourth-order valence-corrected chi connectivity index (χ4v) is 3.74. The maximum Gasteiger partial charge on any atom is 0.322 e. The van der Waals surface area contributed by atoms with Crippen molar-refractivity contribution in [3.8, 4) is 0 Å². The highest BCUT2D eigenvalue weighted by molar-refractivity contribution is 7.92. The van der Waals surface area contributed by atoms with Crippen LogP contribution in [0.4, 0.5) is 8.78 Å². The number of aliphatic carboxylic acids is 1. The second kappa shape index (κ2) is 4.31. The lowest BCUT2D eigenvalue weighted by Gasteiger charge is -2.13. The van der Waals surface area contributed by atoms with E-state index in [0.29, 0.717) is 18.9 Å². The van der Waals surface area contributed by atoms with Crippen molar-refractivity contribution in [1.82, 2.24) is 0 Å². The molecule has 0 aromatic heterocycles. The van der Waals surface area contributed by atoms with E-state index >= 15 is 0 Å². The van der Waals surface area contributed by atoms with E-state index in [1.165, 1.54) is 0 Å². The van der Waals surface area contributed by atoms with E-state index < -0.39 is 43.5 Å². The summed E-state index contributed by atoms with van der Waals surface area (Å²) in [5.41, 5.74) is 0. The number of hydrogen-bond acceptors (Lipinski definition) is 3. The van der Waals surface area contributed by atoms with Crippen LogP contribution in [0.2, 0.25) is 0 Å². The van der Waals surface area contributed by atoms with Crippen LogP contribution in [0.3, 0.4) is 0 Å². The molecule has 1 atom stereocenters. The summed E-state index contributed by atoms with van der Waals surface area (Å²) in [5.74, 6) is -4.16. The molecular formula is C11H10F2O4S. The Hall–Kier alpha value is -1.50. The number of hydrogen-bond donors (Lipinski definition) is 1. The maximum absolute atomic E-state index is 13.4. The van der Waals surface area contributed by atoms with Gasteiger partial charge in [-0.15, -0.1) is 0 Å². The molecule has 1 aromatic rings. The fourth-order valence-electron chi connectivity index (χ4n) is 1.83. The van der Waals surface area contributed by atoms with Gasteiger partial charge in [0.1, 0.15) is 16.5 Å². The minimum absolute atomic E-state index is 0.429. The van der Waals surface area contributed by atoms with Crippen molar-refractivity contribution in [3.05, 3.63) is 29.8 Å². The Kier molecular flexibility index (Phi) is 3.10. The van der Waals surface area contributed by atoms with Gasteiger partial charge >= 0.3 is 5.97 Å². The highest BCUT2D eigenvalue weighted by Crippen LogP contribution is 2.39. The highest BCUT2D eigenvalue weighted by atomic mass is 32.2. The van der Waals surface area contributed by atoms with Crippen molar-refractivity contribution in [2.24, 2.45) is 5.92 Å². The third-order valence-corrected chi connectivity index (χ3v) is 5.03. The topological polar surface area (TPSA) is 71.4 Å². The van der Waals surface area contributed by atoms with Gasteiger partial charge in [0.25, 0.3) is 0 Å². The number of sulfone groups is 1. The molecule has 1 unspecified atom stereocenters. The van der Waals surface area contributed by atoms with E-state index in [0.717, 1.165) is 12.1 Å². The standard InChI is InChI=1S/C11H10F2O4S/c12-7-3-4-9(8(13)5-7)18(16,17)10(11(14)15)6-1-2-6/h3-6,10H,1-2H2,(H,14,15). The van der Waals surface area contributed by atoms with Crippen LogP contribution in [0, 0.1) is 17.6 Å². The molecule has 1 aliphatic carbocycles. The molecule has 4 nitrogen and oxygen atoms in total. The molecule has 1 saturated carbocycles. The van der Waals surface area contributed by atoms with Gasteiger partial charge in [0.2, 0.25) is 0 Å². The Bertz CT molecular complexity index is 593. The van der Waals surface area contributed by atoms with Crippen molar-refractivity contribution in [3.63, 3.8) is 0 Å². The van der Waals surface area contributed by atoms with Crippen LogP contribution in [-0.2, 0) is 14.6 Å². The van der Waals surface area contributed by atoms with Gasteiger partial charge in [-0.05, 0) is 30.9 Å². The maximum atomic E-state index is 13.4. The minimum Gasteiger partial charge on any atom is -0.480 e. The Morgan fingerprint density at radius 3 is 2.39 bits per heavy atom. The van der Waals surface area contributed by atoms with E-state index in [9.17, 15) is 22.0 Å². The molecule has 1 fully saturated rings. The van der Waals surface area contributed by atoms with Crippen LogP contribution in [0.5, 0.6) is 0 Å². The average Bonchev–Trinajstić information content (AvgIpc) is 2.99. The summed E-state index contributed by atoms with van der Waals surface area (Å²) in [6.07, 6.45) is 0.970. The SMILES string of the molecule is O=C(O)C(C1CC1)S(=O)(=O)c1ccc(F)cc1F. The molecule has 18 heavy (non-hydrogen) atoms. The Labute approximate surface area is 102 Å². The number of carboxylic acid groups (broad SMARTS) is 1. The molecule has 0 amide bonds. The van der Waals surface area contributed by atoms with E-state index in [1.54, 1.807) is 0 Å². The van der Waals surface area contributed by atoms with Crippen molar-refractivity contribution in [1.29, 1.82) is 0 Å². The summed E-state index contributed by atoms with van der Waals surface area (Å²) >= 11 is 0. The zero-order chi connectivity index (χ0) is 13.5. The van der Waals surface area contributed by atoms with Gasteiger partial charge in [-0.25, -0.2) is 17.2 Å². The smallest absolute Gasteiger partial charge is 0.322 e. The number of rotatable bonds is 4. The molecule has 98 valence electrons. The molecule has 7 heteroatoms. The lowest BCUT2D eigenvalue weighted by Crippen LogP contribution is -2.32. The van der Waals surface area contributed by atoms with Crippen molar-refractivity contribution < 1.29 is 27.1 Å². The second-order valence-corrected chi connectivity index (χ2v) is 6.25. The van der Waals surface area contributed by atoms with Crippen LogP contribution in [0.15, 0.2) is 23.1 Å². The van der Waals surface area contributed by atoms with Gasteiger partial charge < -0.3 is 5.11 Å². The lowest BCUT2D eigenvalue weighted by molar-refractivity contribution is -0.136. The van der Waals surface area contributed by atoms with E-state index in [2.05, 4.69) is 0 Å². The summed E-state index contributed by atoms with van der Waals surface area (Å²) < 4.78 is 50.2. The molecular weight excluding hydrogens is 266 g/mol. The summed E-state index contributed by atoms with van der Waals surface area (Å²) in [4.78, 5) is 10.2. The molecule has 0 bridgehead atoms. The lowest BCUT2D eigenvalue weighted by atomic mass is 10.3. The molecule has 1 N–H and O–H groups in total. The summed E-state index contributed by atoms with van der Waals surface area (Å²) in [7, 11) is -4.33. The predicted molar refractivity (Wildman–Crippen MR) is 57.7 cm³/mol. The summed E-state index contributed by atoms with van der Waals surface area (Å²) in [6.45, 7) is 0. The van der Waals surface area contributed by atoms with Gasteiger partial charge in [-0.2, -0.15) is 0 Å². The van der Waals surface area contributed by atoms with Crippen LogP contribution >= 0.6 is 0 Å². The predicted octanol–water partition coefficient (Wildman–Crippen LogP) is 1.60. The molecule has 0 saturated heterocycles. The molecule has 0 aliphatic heterocycles. The van der Waals surface area contributed by atoms with Gasteiger partial charge in [-0.3, -0.25) is 4.79 Å². The Morgan fingerprint density at radius 2 is 1.94 bits per heavy atom. The minimum atomic E-state index is -4.33. The number of carboxylic acids is 1. The summed E-state index contributed by atoms with van der Waals surface area (Å²) in [6, 6.07) is 1.98. The fraction of sp³-hybridized carbons (Fsp3) is 0.364. The number of halogens is 2. The third kappa shape index (κ3) is 2.22. The molecule has 0 radical (unpaired) electrons. The molecule has 1 aliphatic rings. The largest absolute Gasteiger partial charge is 0.480 e. The van der Waals surface area contributed by atoms with Crippen LogP contribution < -0.4 is 0 Å². The van der Waals surface area contributed by atoms with Gasteiger partial charge in [0, 0.05) is 6.07 Å². The average molecular weight is 276 g/mol. The monoisotopic (exact) mass is 276 g/mol. The first-order chi connectivity index (χ1) is 8.34. The molecule has 0 spiro atoms. The molecule has 1 aromatic carbocycles. The van der Waals surface area contributed by atoms with E-state index in [-0.39, 0.29) is 0 Å². The van der Waals surface area contributed by atoms with Crippen LogP contribution in [0.1, 0.15) is 12.8 Å². The Morgan fingerprint density at radius 1 is 1.33 bits per heavy atom. The first-order valence-corrected chi connectivity index (χ1v) is 6.80. The third-order valence-electron chi connectivity index (χ3n) is 2.83. The molecule has 0 heterocycles. The molecule has 2 rings (SSSR count). The van der Waals surface area contributed by atoms with E-state index in [4.69, 9.17) is 5.11 Å². The highest BCUT2D eigenvalue weighted by Gasteiger charge is 2.46. The summed E-state index contributed by atoms with van der Waals surface area (Å²) in [5, 5.41) is 7.30. The van der Waals surface area contributed by atoms with Gasteiger partial charge in [0.15, 0.2) is 15.1 Å². The van der Waals surface area contributed by atoms with Gasteiger partial charge in [-0.1, -0.05) is 0 Å². The van der Waals surface area contributed by atoms with Crippen LogP contribution in [0.25, 0.3) is 0 Å². The Balaban J connectivity index is 2.49. The van der Waals surface area contributed by atoms with E-state index in [1.807, 2.05) is 0 Å². The quantitative estimate of drug-likeness (QED) is 0.848.